The lowest BCUT2D eigenvalue weighted by Gasteiger charge is -2.20. The van der Waals surface area contributed by atoms with E-state index in [0.29, 0.717) is 0 Å². The molecule has 17 heavy (non-hydrogen) atoms. The van der Waals surface area contributed by atoms with Crippen molar-refractivity contribution in [3.63, 3.8) is 0 Å². The monoisotopic (exact) mass is 235 g/mol. The van der Waals surface area contributed by atoms with Crippen LogP contribution in [-0.2, 0) is 0 Å². The highest BCUT2D eigenvalue weighted by Crippen LogP contribution is 2.14. The van der Waals surface area contributed by atoms with Gasteiger partial charge in [-0.25, -0.2) is 4.98 Å². The van der Waals surface area contributed by atoms with Crippen molar-refractivity contribution in [2.75, 3.05) is 30.4 Å². The zero-order valence-corrected chi connectivity index (χ0v) is 11.5. The average molecular weight is 235 g/mol. The third-order valence-corrected chi connectivity index (χ3v) is 2.72. The number of aromatic nitrogens is 1. The Morgan fingerprint density at radius 3 is 2.76 bits per heavy atom. The molecule has 0 aromatic carbocycles. The van der Waals surface area contributed by atoms with Crippen LogP contribution in [0.5, 0.6) is 0 Å². The molecule has 1 heterocycles. The Balaban J connectivity index is 2.57. The fourth-order valence-corrected chi connectivity index (χ4v) is 1.55. The molecule has 3 heteroatoms. The van der Waals surface area contributed by atoms with E-state index < -0.39 is 0 Å². The van der Waals surface area contributed by atoms with Crippen LogP contribution >= 0.6 is 0 Å². The van der Waals surface area contributed by atoms with Crippen molar-refractivity contribution >= 4 is 11.6 Å². The van der Waals surface area contributed by atoms with Crippen LogP contribution in [0, 0.1) is 5.92 Å². The third kappa shape index (κ3) is 5.07. The largest absolute Gasteiger partial charge is 0.370 e. The zero-order valence-electron chi connectivity index (χ0n) is 11.5. The summed E-state index contributed by atoms with van der Waals surface area (Å²) in [5.41, 5.74) is 0. The summed E-state index contributed by atoms with van der Waals surface area (Å²) in [5, 5.41) is 3.32. The summed E-state index contributed by atoms with van der Waals surface area (Å²) >= 11 is 0. The Morgan fingerprint density at radius 2 is 2.12 bits per heavy atom. The van der Waals surface area contributed by atoms with Gasteiger partial charge in [0.1, 0.15) is 11.6 Å². The molecular formula is C14H25N3. The van der Waals surface area contributed by atoms with Gasteiger partial charge in [-0.05, 0) is 30.9 Å². The second-order valence-corrected chi connectivity index (χ2v) is 4.91. The number of rotatable bonds is 7. The number of nitrogens with zero attached hydrogens (tertiary/aromatic N) is 2. The number of nitrogens with one attached hydrogen (secondary N) is 1. The summed E-state index contributed by atoms with van der Waals surface area (Å²) in [6, 6.07) is 6.15. The van der Waals surface area contributed by atoms with Crippen LogP contribution in [0.4, 0.5) is 11.6 Å². The first-order valence-corrected chi connectivity index (χ1v) is 6.55. The molecule has 0 aliphatic carbocycles. The molecule has 1 N–H and O–H groups in total. The molecule has 0 spiro atoms. The summed E-state index contributed by atoms with van der Waals surface area (Å²) in [6.07, 6.45) is 2.32. The standard InChI is InChI=1S/C14H25N3/c1-5-10-15-13-7-6-8-14(16-13)17(4)11-9-12(2)3/h6-8,12H,5,9-11H2,1-4H3,(H,15,16). The van der Waals surface area contributed by atoms with Crippen molar-refractivity contribution in [1.29, 1.82) is 0 Å². The third-order valence-electron chi connectivity index (χ3n) is 2.72. The maximum atomic E-state index is 4.60. The molecule has 3 nitrogen and oxygen atoms in total. The minimum atomic E-state index is 0.735. The van der Waals surface area contributed by atoms with Crippen molar-refractivity contribution in [2.24, 2.45) is 5.92 Å². The molecule has 1 aromatic heterocycles. The predicted octanol–water partition coefficient (Wildman–Crippen LogP) is 3.39. The molecule has 1 aromatic rings. The molecular weight excluding hydrogens is 210 g/mol. The van der Waals surface area contributed by atoms with Gasteiger partial charge in [0.2, 0.25) is 0 Å². The SMILES string of the molecule is CCCNc1cccc(N(C)CCC(C)C)n1. The smallest absolute Gasteiger partial charge is 0.130 e. The summed E-state index contributed by atoms with van der Waals surface area (Å²) in [6.45, 7) is 8.70. The van der Waals surface area contributed by atoms with E-state index >= 15 is 0 Å². The van der Waals surface area contributed by atoms with Crippen molar-refractivity contribution in [2.45, 2.75) is 33.6 Å². The number of hydrogen-bond acceptors (Lipinski definition) is 3. The zero-order chi connectivity index (χ0) is 12.7. The lowest BCUT2D eigenvalue weighted by atomic mass is 10.1. The Labute approximate surface area is 105 Å². The molecule has 0 unspecified atom stereocenters. The minimum absolute atomic E-state index is 0.735. The van der Waals surface area contributed by atoms with Crippen molar-refractivity contribution in [1.82, 2.24) is 4.98 Å². The molecule has 0 amide bonds. The van der Waals surface area contributed by atoms with Gasteiger partial charge in [0.05, 0.1) is 0 Å². The quantitative estimate of drug-likeness (QED) is 0.785. The van der Waals surface area contributed by atoms with Gasteiger partial charge in [-0.3, -0.25) is 0 Å². The van der Waals surface area contributed by atoms with E-state index in [1.54, 1.807) is 0 Å². The van der Waals surface area contributed by atoms with Gasteiger partial charge in [-0.15, -0.1) is 0 Å². The highest BCUT2D eigenvalue weighted by Gasteiger charge is 2.04. The normalized spacial score (nSPS) is 10.6. The van der Waals surface area contributed by atoms with Crippen LogP contribution in [0.2, 0.25) is 0 Å². The summed E-state index contributed by atoms with van der Waals surface area (Å²) in [4.78, 5) is 6.82. The topological polar surface area (TPSA) is 28.2 Å². The molecule has 0 aliphatic rings. The van der Waals surface area contributed by atoms with Gasteiger partial charge in [0, 0.05) is 20.1 Å². The Morgan fingerprint density at radius 1 is 1.35 bits per heavy atom. The second-order valence-electron chi connectivity index (χ2n) is 4.91. The van der Waals surface area contributed by atoms with Crippen molar-refractivity contribution in [3.8, 4) is 0 Å². The molecule has 96 valence electrons. The van der Waals surface area contributed by atoms with Crippen LogP contribution < -0.4 is 10.2 Å². The van der Waals surface area contributed by atoms with Gasteiger partial charge in [-0.2, -0.15) is 0 Å². The first-order valence-electron chi connectivity index (χ1n) is 6.55. The van der Waals surface area contributed by atoms with E-state index in [4.69, 9.17) is 0 Å². The Kier molecular flexibility index (Phi) is 5.81. The van der Waals surface area contributed by atoms with E-state index in [0.717, 1.165) is 37.1 Å². The lowest BCUT2D eigenvalue weighted by molar-refractivity contribution is 0.583. The van der Waals surface area contributed by atoms with Gasteiger partial charge < -0.3 is 10.2 Å². The summed E-state index contributed by atoms with van der Waals surface area (Å²) in [7, 11) is 2.11. The fraction of sp³-hybridized carbons (Fsp3) is 0.643. The maximum absolute atomic E-state index is 4.60. The van der Waals surface area contributed by atoms with Gasteiger partial charge >= 0.3 is 0 Å². The van der Waals surface area contributed by atoms with E-state index in [9.17, 15) is 0 Å². The highest BCUT2D eigenvalue weighted by molar-refractivity contribution is 5.46. The molecule has 1 rings (SSSR count). The van der Waals surface area contributed by atoms with Crippen LogP contribution in [0.1, 0.15) is 33.6 Å². The molecule has 0 bridgehead atoms. The predicted molar refractivity (Wildman–Crippen MR) is 75.7 cm³/mol. The minimum Gasteiger partial charge on any atom is -0.370 e. The van der Waals surface area contributed by atoms with Gasteiger partial charge in [0.25, 0.3) is 0 Å². The molecule has 0 radical (unpaired) electrons. The Bertz CT molecular complexity index is 323. The maximum Gasteiger partial charge on any atom is 0.130 e. The van der Waals surface area contributed by atoms with Gasteiger partial charge in [0.15, 0.2) is 0 Å². The molecule has 0 atom stereocenters. The van der Waals surface area contributed by atoms with Crippen LogP contribution in [0.15, 0.2) is 18.2 Å². The Hall–Kier alpha value is -1.25. The van der Waals surface area contributed by atoms with Crippen molar-refractivity contribution < 1.29 is 0 Å². The van der Waals surface area contributed by atoms with E-state index in [2.05, 4.69) is 55.2 Å². The van der Waals surface area contributed by atoms with Crippen LogP contribution in [0.25, 0.3) is 0 Å². The molecule has 0 saturated heterocycles. The number of anilines is 2. The van der Waals surface area contributed by atoms with Crippen LogP contribution in [0.3, 0.4) is 0 Å². The van der Waals surface area contributed by atoms with Crippen LogP contribution in [-0.4, -0.2) is 25.1 Å². The van der Waals surface area contributed by atoms with Crippen molar-refractivity contribution in [3.05, 3.63) is 18.2 Å². The molecule has 0 aliphatic heterocycles. The molecule has 0 fully saturated rings. The van der Waals surface area contributed by atoms with E-state index in [1.165, 1.54) is 6.42 Å². The van der Waals surface area contributed by atoms with Gasteiger partial charge in [-0.1, -0.05) is 26.8 Å². The molecule has 0 saturated carbocycles. The fourth-order valence-electron chi connectivity index (χ4n) is 1.55. The first-order chi connectivity index (χ1) is 8.13. The lowest BCUT2D eigenvalue weighted by Crippen LogP contribution is -2.21. The second kappa shape index (κ2) is 7.15. The summed E-state index contributed by atoms with van der Waals surface area (Å²) < 4.78 is 0. The number of hydrogen-bond donors (Lipinski definition) is 1. The first kappa shape index (κ1) is 13.8. The van der Waals surface area contributed by atoms with E-state index in [-0.39, 0.29) is 0 Å². The van der Waals surface area contributed by atoms with E-state index in [1.807, 2.05) is 6.07 Å². The average Bonchev–Trinajstić information content (AvgIpc) is 2.33. The highest BCUT2D eigenvalue weighted by atomic mass is 15.2. The summed E-state index contributed by atoms with van der Waals surface area (Å²) in [5.74, 6) is 2.76. The number of pyridine rings is 1.